The average Bonchev–Trinajstić information content (AvgIpc) is 2.42. The first-order valence-electron chi connectivity index (χ1n) is 5.44. The predicted octanol–water partition coefficient (Wildman–Crippen LogP) is 3.45. The fourth-order valence-electron chi connectivity index (χ4n) is 1.55. The zero-order chi connectivity index (χ0) is 14.7. The second-order valence-electron chi connectivity index (χ2n) is 3.76. The van der Waals surface area contributed by atoms with Gasteiger partial charge in [0.25, 0.3) is 5.91 Å². The van der Waals surface area contributed by atoms with Gasteiger partial charge in [0.15, 0.2) is 5.69 Å². The fraction of sp³-hybridized carbons (Fsp3) is 0. The standard InChI is InChI=1S/C13H8BrClN2O3/c14-8-4-1-3-7(10(8)15)12(18)17-9-5-2-6-16-11(9)13(19)20/h1-6H,(H,17,18)(H,19,20). The Labute approximate surface area is 127 Å². The van der Waals surface area contributed by atoms with Crippen LogP contribution in [0, 0.1) is 0 Å². The highest BCUT2D eigenvalue weighted by molar-refractivity contribution is 9.10. The number of pyridine rings is 1. The summed E-state index contributed by atoms with van der Waals surface area (Å²) < 4.78 is 0.580. The molecular weight excluding hydrogens is 348 g/mol. The maximum absolute atomic E-state index is 12.1. The Balaban J connectivity index is 2.33. The Kier molecular flexibility index (Phi) is 4.36. The molecule has 1 aromatic heterocycles. The van der Waals surface area contributed by atoms with E-state index in [4.69, 9.17) is 16.7 Å². The Morgan fingerprint density at radius 3 is 2.70 bits per heavy atom. The van der Waals surface area contributed by atoms with Gasteiger partial charge in [0.1, 0.15) is 0 Å². The van der Waals surface area contributed by atoms with Gasteiger partial charge in [-0.2, -0.15) is 0 Å². The summed E-state index contributed by atoms with van der Waals surface area (Å²) >= 11 is 9.24. The fourth-order valence-corrected chi connectivity index (χ4v) is 2.12. The SMILES string of the molecule is O=C(Nc1cccnc1C(=O)O)c1cccc(Br)c1Cl. The molecule has 5 nitrogen and oxygen atoms in total. The van der Waals surface area contributed by atoms with Gasteiger partial charge in [0, 0.05) is 10.7 Å². The number of nitrogens with zero attached hydrogens (tertiary/aromatic N) is 1. The van der Waals surface area contributed by atoms with E-state index in [-0.39, 0.29) is 22.0 Å². The summed E-state index contributed by atoms with van der Waals surface area (Å²) in [5.74, 6) is -1.73. The molecule has 0 spiro atoms. The number of nitrogens with one attached hydrogen (secondary N) is 1. The number of hydrogen-bond donors (Lipinski definition) is 2. The minimum atomic E-state index is -1.22. The highest BCUT2D eigenvalue weighted by Gasteiger charge is 2.17. The zero-order valence-corrected chi connectivity index (χ0v) is 12.3. The van der Waals surface area contributed by atoms with Crippen LogP contribution < -0.4 is 5.32 Å². The van der Waals surface area contributed by atoms with Crippen molar-refractivity contribution in [2.75, 3.05) is 5.32 Å². The summed E-state index contributed by atoms with van der Waals surface area (Å²) in [4.78, 5) is 26.8. The van der Waals surface area contributed by atoms with E-state index in [2.05, 4.69) is 26.2 Å². The van der Waals surface area contributed by atoms with Crippen molar-refractivity contribution in [1.29, 1.82) is 0 Å². The summed E-state index contributed by atoms with van der Waals surface area (Å²) in [7, 11) is 0. The third-order valence-electron chi connectivity index (χ3n) is 2.45. The van der Waals surface area contributed by atoms with Crippen LogP contribution in [0.4, 0.5) is 5.69 Å². The van der Waals surface area contributed by atoms with Gasteiger partial charge in [-0.25, -0.2) is 9.78 Å². The van der Waals surface area contributed by atoms with Crippen molar-refractivity contribution in [1.82, 2.24) is 4.98 Å². The van der Waals surface area contributed by atoms with Gasteiger partial charge in [-0.05, 0) is 40.2 Å². The summed E-state index contributed by atoms with van der Waals surface area (Å²) in [6.45, 7) is 0. The van der Waals surface area contributed by atoms with Gasteiger partial charge in [-0.15, -0.1) is 0 Å². The molecule has 0 bridgehead atoms. The molecule has 102 valence electrons. The number of aromatic nitrogens is 1. The van der Waals surface area contributed by atoms with Gasteiger partial charge >= 0.3 is 5.97 Å². The summed E-state index contributed by atoms with van der Waals surface area (Å²) in [6.07, 6.45) is 1.34. The van der Waals surface area contributed by atoms with Crippen molar-refractivity contribution in [3.63, 3.8) is 0 Å². The lowest BCUT2D eigenvalue weighted by atomic mass is 10.2. The summed E-state index contributed by atoms with van der Waals surface area (Å²) in [6, 6.07) is 7.89. The normalized spacial score (nSPS) is 10.1. The molecule has 0 saturated carbocycles. The van der Waals surface area contributed by atoms with Gasteiger partial charge in [0.2, 0.25) is 0 Å². The minimum Gasteiger partial charge on any atom is -0.476 e. The van der Waals surface area contributed by atoms with Crippen molar-refractivity contribution in [2.45, 2.75) is 0 Å². The summed E-state index contributed by atoms with van der Waals surface area (Å²) in [5, 5.41) is 11.7. The lowest BCUT2D eigenvalue weighted by molar-refractivity contribution is 0.0692. The third-order valence-corrected chi connectivity index (χ3v) is 3.75. The molecule has 0 aliphatic heterocycles. The van der Waals surface area contributed by atoms with Crippen LogP contribution in [0.2, 0.25) is 5.02 Å². The second-order valence-corrected chi connectivity index (χ2v) is 4.99. The zero-order valence-electron chi connectivity index (χ0n) is 9.93. The molecule has 2 N–H and O–H groups in total. The lowest BCUT2D eigenvalue weighted by Crippen LogP contribution is -2.16. The smallest absolute Gasteiger partial charge is 0.356 e. The van der Waals surface area contributed by atoms with E-state index in [9.17, 15) is 9.59 Å². The van der Waals surface area contributed by atoms with Crippen LogP contribution in [0.3, 0.4) is 0 Å². The third kappa shape index (κ3) is 2.97. The molecule has 1 heterocycles. The Hall–Kier alpha value is -1.92. The maximum atomic E-state index is 12.1. The van der Waals surface area contributed by atoms with Crippen LogP contribution in [0.5, 0.6) is 0 Å². The van der Waals surface area contributed by atoms with E-state index in [1.165, 1.54) is 18.3 Å². The first-order valence-corrected chi connectivity index (χ1v) is 6.61. The molecule has 0 aliphatic rings. The van der Waals surface area contributed by atoms with Crippen LogP contribution in [-0.2, 0) is 0 Å². The van der Waals surface area contributed by atoms with E-state index in [1.807, 2.05) is 0 Å². The van der Waals surface area contributed by atoms with Crippen LogP contribution in [0.15, 0.2) is 41.0 Å². The van der Waals surface area contributed by atoms with Crippen LogP contribution in [-0.4, -0.2) is 22.0 Å². The number of halogens is 2. The monoisotopic (exact) mass is 354 g/mol. The minimum absolute atomic E-state index is 0.112. The first-order chi connectivity index (χ1) is 9.50. The highest BCUT2D eigenvalue weighted by Crippen LogP contribution is 2.26. The molecule has 1 aromatic carbocycles. The van der Waals surface area contributed by atoms with E-state index in [0.717, 1.165) is 0 Å². The van der Waals surface area contributed by atoms with Crippen LogP contribution in [0.1, 0.15) is 20.8 Å². The van der Waals surface area contributed by atoms with Gasteiger partial charge in [0.05, 0.1) is 16.3 Å². The van der Waals surface area contributed by atoms with Gasteiger partial charge < -0.3 is 10.4 Å². The number of rotatable bonds is 3. The Morgan fingerprint density at radius 1 is 1.25 bits per heavy atom. The first kappa shape index (κ1) is 14.5. The maximum Gasteiger partial charge on any atom is 0.356 e. The number of anilines is 1. The molecule has 0 atom stereocenters. The van der Waals surface area contributed by atoms with Crippen molar-refractivity contribution in [3.05, 3.63) is 57.3 Å². The van der Waals surface area contributed by atoms with E-state index in [0.29, 0.717) is 4.47 Å². The Bertz CT molecular complexity index is 691. The predicted molar refractivity (Wildman–Crippen MR) is 78.3 cm³/mol. The van der Waals surface area contributed by atoms with Crippen molar-refractivity contribution in [2.24, 2.45) is 0 Å². The van der Waals surface area contributed by atoms with Crippen molar-refractivity contribution < 1.29 is 14.7 Å². The number of carboxylic acid groups (broad SMARTS) is 1. The molecule has 0 fully saturated rings. The summed E-state index contributed by atoms with van der Waals surface area (Å²) in [5.41, 5.74) is 0.120. The van der Waals surface area contributed by atoms with E-state index < -0.39 is 11.9 Å². The van der Waals surface area contributed by atoms with Crippen LogP contribution >= 0.6 is 27.5 Å². The number of aromatic carboxylic acids is 1. The van der Waals surface area contributed by atoms with Crippen molar-refractivity contribution >= 4 is 45.1 Å². The molecule has 0 radical (unpaired) electrons. The number of carbonyl (C=O) groups excluding carboxylic acids is 1. The highest BCUT2D eigenvalue weighted by atomic mass is 79.9. The van der Waals surface area contributed by atoms with Crippen LogP contribution in [0.25, 0.3) is 0 Å². The van der Waals surface area contributed by atoms with E-state index >= 15 is 0 Å². The van der Waals surface area contributed by atoms with Gasteiger partial charge in [-0.1, -0.05) is 17.7 Å². The molecule has 2 rings (SSSR count). The number of carbonyl (C=O) groups is 2. The number of carboxylic acids is 1. The molecular formula is C13H8BrClN2O3. The Morgan fingerprint density at radius 2 is 2.00 bits per heavy atom. The number of hydrogen-bond acceptors (Lipinski definition) is 3. The number of benzene rings is 1. The molecule has 20 heavy (non-hydrogen) atoms. The second kappa shape index (κ2) is 6.02. The molecule has 1 amide bonds. The molecule has 0 aliphatic carbocycles. The number of amides is 1. The van der Waals surface area contributed by atoms with E-state index in [1.54, 1.807) is 18.2 Å². The largest absolute Gasteiger partial charge is 0.476 e. The topological polar surface area (TPSA) is 79.3 Å². The molecule has 0 unspecified atom stereocenters. The molecule has 7 heteroatoms. The molecule has 2 aromatic rings. The molecule has 0 saturated heterocycles. The quantitative estimate of drug-likeness (QED) is 0.884. The van der Waals surface area contributed by atoms with Gasteiger partial charge in [-0.3, -0.25) is 4.79 Å². The van der Waals surface area contributed by atoms with Crippen molar-refractivity contribution in [3.8, 4) is 0 Å². The lowest BCUT2D eigenvalue weighted by Gasteiger charge is -2.09. The average molecular weight is 356 g/mol.